The molecule has 1 heterocycles. The highest BCUT2D eigenvalue weighted by Gasteiger charge is 2.13. The molecule has 150 valence electrons. The van der Waals surface area contributed by atoms with Gasteiger partial charge in [-0.25, -0.2) is 0 Å². The minimum Gasteiger partial charge on any atom is -0.464 e. The lowest BCUT2D eigenvalue weighted by Crippen LogP contribution is -2.14. The molecular weight excluding hydrogens is 346 g/mol. The molecule has 0 radical (unpaired) electrons. The van der Waals surface area contributed by atoms with Crippen molar-refractivity contribution in [3.05, 3.63) is 48.5 Å². The van der Waals surface area contributed by atoms with Gasteiger partial charge in [-0.2, -0.15) is 0 Å². The molecule has 3 aromatic rings. The fraction of sp³-hybridized carbons (Fsp3) is 0.480. The second-order valence-corrected chi connectivity index (χ2v) is 7.67. The second kappa shape index (κ2) is 10.9. The topological polar surface area (TPSA) is 31.2 Å². The van der Waals surface area contributed by atoms with E-state index in [2.05, 4.69) is 35.8 Å². The van der Waals surface area contributed by atoms with Crippen LogP contribution in [0.3, 0.4) is 0 Å². The van der Waals surface area contributed by atoms with Gasteiger partial charge >= 0.3 is 5.97 Å². The average molecular weight is 380 g/mol. The van der Waals surface area contributed by atoms with Crippen molar-refractivity contribution in [3.8, 4) is 0 Å². The van der Waals surface area contributed by atoms with Gasteiger partial charge in [0.2, 0.25) is 0 Å². The van der Waals surface area contributed by atoms with E-state index in [1.807, 2.05) is 24.3 Å². The highest BCUT2D eigenvalue weighted by Crippen LogP contribution is 2.28. The zero-order valence-corrected chi connectivity index (χ0v) is 17.2. The number of rotatable bonds is 12. The largest absolute Gasteiger partial charge is 0.464 e. The zero-order valence-electron chi connectivity index (χ0n) is 17.2. The molecule has 0 fully saturated rings. The summed E-state index contributed by atoms with van der Waals surface area (Å²) < 4.78 is 7.59. The molecule has 0 N–H and O–H groups in total. The lowest BCUT2D eigenvalue weighted by Gasteiger charge is -2.08. The highest BCUT2D eigenvalue weighted by atomic mass is 16.5. The first-order valence-electron chi connectivity index (χ1n) is 10.9. The summed E-state index contributed by atoms with van der Waals surface area (Å²) >= 11 is 0. The third kappa shape index (κ3) is 5.37. The molecule has 0 saturated heterocycles. The molecule has 0 atom stereocenters. The number of para-hydroxylation sites is 2. The van der Waals surface area contributed by atoms with Gasteiger partial charge in [0.1, 0.15) is 6.54 Å². The second-order valence-electron chi connectivity index (χ2n) is 7.67. The number of aromatic nitrogens is 1. The maximum atomic E-state index is 12.4. The van der Waals surface area contributed by atoms with E-state index in [4.69, 9.17) is 4.74 Å². The first-order chi connectivity index (χ1) is 13.8. The molecule has 0 spiro atoms. The van der Waals surface area contributed by atoms with E-state index in [1.165, 1.54) is 55.7 Å². The van der Waals surface area contributed by atoms with E-state index in [-0.39, 0.29) is 12.5 Å². The van der Waals surface area contributed by atoms with E-state index in [9.17, 15) is 4.79 Å². The van der Waals surface area contributed by atoms with Crippen molar-refractivity contribution in [2.75, 3.05) is 6.61 Å². The first kappa shape index (κ1) is 20.4. The van der Waals surface area contributed by atoms with E-state index in [1.54, 1.807) is 0 Å². The number of unbranched alkanes of at least 4 members (excludes halogenated alkanes) is 8. The average Bonchev–Trinajstić information content (AvgIpc) is 3.03. The third-order valence-corrected chi connectivity index (χ3v) is 5.48. The van der Waals surface area contributed by atoms with Crippen LogP contribution >= 0.6 is 0 Å². The molecule has 0 aliphatic rings. The molecule has 28 heavy (non-hydrogen) atoms. The van der Waals surface area contributed by atoms with Crippen molar-refractivity contribution in [1.29, 1.82) is 0 Å². The van der Waals surface area contributed by atoms with Crippen molar-refractivity contribution in [3.63, 3.8) is 0 Å². The monoisotopic (exact) mass is 379 g/mol. The van der Waals surface area contributed by atoms with Gasteiger partial charge in [-0.1, -0.05) is 94.7 Å². The number of carbonyl (C=O) groups excluding carboxylic acids is 1. The lowest BCUT2D eigenvalue weighted by molar-refractivity contribution is -0.144. The van der Waals surface area contributed by atoms with E-state index in [0.29, 0.717) is 6.61 Å². The van der Waals surface area contributed by atoms with Crippen LogP contribution in [-0.2, 0) is 16.1 Å². The number of hydrogen-bond acceptors (Lipinski definition) is 2. The molecular formula is C25H33NO2. The quantitative estimate of drug-likeness (QED) is 0.254. The van der Waals surface area contributed by atoms with Crippen LogP contribution in [0.2, 0.25) is 0 Å². The number of benzene rings is 2. The van der Waals surface area contributed by atoms with Crippen molar-refractivity contribution >= 4 is 27.8 Å². The van der Waals surface area contributed by atoms with Gasteiger partial charge in [0.15, 0.2) is 0 Å². The van der Waals surface area contributed by atoms with Gasteiger partial charge in [-0.05, 0) is 18.6 Å². The number of nitrogens with zero attached hydrogens (tertiary/aromatic N) is 1. The predicted octanol–water partition coefficient (Wildman–Crippen LogP) is 6.87. The Balaban J connectivity index is 1.43. The summed E-state index contributed by atoms with van der Waals surface area (Å²) in [5, 5.41) is 2.37. The van der Waals surface area contributed by atoms with E-state index >= 15 is 0 Å². The Hall–Kier alpha value is -2.29. The SMILES string of the molecule is CCCCCCCCCCCOC(=O)Cn1c2ccccc2c2ccccc21. The van der Waals surface area contributed by atoms with E-state index < -0.39 is 0 Å². The Morgan fingerprint density at radius 3 is 1.82 bits per heavy atom. The Kier molecular flexibility index (Phi) is 7.95. The first-order valence-corrected chi connectivity index (χ1v) is 10.9. The molecule has 0 bridgehead atoms. The van der Waals surface area contributed by atoms with Crippen molar-refractivity contribution in [1.82, 2.24) is 4.57 Å². The van der Waals surface area contributed by atoms with Crippen LogP contribution < -0.4 is 0 Å². The fourth-order valence-corrected chi connectivity index (χ4v) is 3.95. The van der Waals surface area contributed by atoms with Gasteiger partial charge < -0.3 is 9.30 Å². The highest BCUT2D eigenvalue weighted by molar-refractivity contribution is 6.08. The minimum absolute atomic E-state index is 0.147. The summed E-state index contributed by atoms with van der Waals surface area (Å²) in [5.74, 6) is -0.147. The molecule has 0 aliphatic heterocycles. The van der Waals surface area contributed by atoms with Crippen molar-refractivity contribution in [2.24, 2.45) is 0 Å². The third-order valence-electron chi connectivity index (χ3n) is 5.48. The molecule has 0 amide bonds. The summed E-state index contributed by atoms with van der Waals surface area (Å²) in [5.41, 5.74) is 2.17. The summed E-state index contributed by atoms with van der Waals surface area (Å²) in [7, 11) is 0. The molecule has 3 rings (SSSR count). The van der Waals surface area contributed by atoms with Gasteiger partial charge in [0.05, 0.1) is 6.61 Å². The van der Waals surface area contributed by atoms with Crippen LogP contribution in [0.1, 0.15) is 64.7 Å². The number of ether oxygens (including phenoxy) is 1. The van der Waals surface area contributed by atoms with Crippen LogP contribution in [0.25, 0.3) is 21.8 Å². The van der Waals surface area contributed by atoms with Crippen LogP contribution in [0.4, 0.5) is 0 Å². The molecule has 2 aromatic carbocycles. The molecule has 3 heteroatoms. The van der Waals surface area contributed by atoms with Crippen LogP contribution in [0.5, 0.6) is 0 Å². The Bertz CT molecular complexity index is 827. The van der Waals surface area contributed by atoms with Crippen molar-refractivity contribution in [2.45, 2.75) is 71.3 Å². The smallest absolute Gasteiger partial charge is 0.325 e. The molecule has 0 saturated carbocycles. The van der Waals surface area contributed by atoms with Gasteiger partial charge in [0.25, 0.3) is 0 Å². The number of carbonyl (C=O) groups is 1. The van der Waals surface area contributed by atoms with E-state index in [0.717, 1.165) is 23.9 Å². The minimum atomic E-state index is -0.147. The standard InChI is InChI=1S/C25H33NO2/c1-2-3-4-5-6-7-8-9-14-19-28-25(27)20-26-23-17-12-10-15-21(23)22-16-11-13-18-24(22)26/h10-13,15-18H,2-9,14,19-20H2,1H3. The fourth-order valence-electron chi connectivity index (χ4n) is 3.95. The normalized spacial score (nSPS) is 11.3. The van der Waals surface area contributed by atoms with Gasteiger partial charge in [-0.3, -0.25) is 4.79 Å². The zero-order chi connectivity index (χ0) is 19.6. The maximum Gasteiger partial charge on any atom is 0.325 e. The Morgan fingerprint density at radius 2 is 1.25 bits per heavy atom. The molecule has 3 nitrogen and oxygen atoms in total. The van der Waals surface area contributed by atoms with Crippen molar-refractivity contribution < 1.29 is 9.53 Å². The van der Waals surface area contributed by atoms with Gasteiger partial charge in [-0.15, -0.1) is 0 Å². The molecule has 1 aromatic heterocycles. The number of hydrogen-bond donors (Lipinski definition) is 0. The molecule has 0 aliphatic carbocycles. The van der Waals surface area contributed by atoms with Crippen LogP contribution in [0, 0.1) is 0 Å². The van der Waals surface area contributed by atoms with Crippen LogP contribution in [0.15, 0.2) is 48.5 Å². The summed E-state index contributed by atoms with van der Waals surface area (Å²) in [6.07, 6.45) is 11.4. The van der Waals surface area contributed by atoms with Gasteiger partial charge in [0, 0.05) is 21.8 Å². The van der Waals surface area contributed by atoms with Crippen LogP contribution in [-0.4, -0.2) is 17.1 Å². The number of esters is 1. The predicted molar refractivity (Wildman–Crippen MR) is 118 cm³/mol. The Labute approximate surface area is 168 Å². The lowest BCUT2D eigenvalue weighted by atomic mass is 10.1. The summed E-state index contributed by atoms with van der Waals surface area (Å²) in [4.78, 5) is 12.4. The summed E-state index contributed by atoms with van der Waals surface area (Å²) in [6.45, 7) is 3.06. The Morgan fingerprint density at radius 1 is 0.750 bits per heavy atom. The maximum absolute atomic E-state index is 12.4. The molecule has 0 unspecified atom stereocenters. The number of fused-ring (bicyclic) bond motifs is 3. The summed E-state index contributed by atoms with van der Waals surface area (Å²) in [6, 6.07) is 16.5.